The summed E-state index contributed by atoms with van der Waals surface area (Å²) < 4.78 is 32.2. The van der Waals surface area contributed by atoms with Crippen LogP contribution in [0, 0.1) is 5.92 Å². The lowest BCUT2D eigenvalue weighted by Gasteiger charge is -2.27. The van der Waals surface area contributed by atoms with Crippen LogP contribution >= 0.6 is 0 Å². The molecule has 3 atom stereocenters. The number of rotatable bonds is 6. The predicted octanol–water partition coefficient (Wildman–Crippen LogP) is 3.61. The van der Waals surface area contributed by atoms with Gasteiger partial charge in [-0.15, -0.1) is 0 Å². The normalized spacial score (nSPS) is 22.6. The van der Waals surface area contributed by atoms with Crippen molar-refractivity contribution >= 4 is 21.6 Å². The number of ketones is 1. The molecule has 0 N–H and O–H groups in total. The van der Waals surface area contributed by atoms with Crippen molar-refractivity contribution in [3.05, 3.63) is 78.4 Å². The Labute approximate surface area is 165 Å². The summed E-state index contributed by atoms with van der Waals surface area (Å²) in [5.74, 6) is -1.53. The Balaban J connectivity index is 2.03. The smallest absolute Gasteiger partial charge is 0.303 e. The van der Waals surface area contributed by atoms with E-state index in [1.54, 1.807) is 67.6 Å². The Morgan fingerprint density at radius 3 is 2.18 bits per heavy atom. The first-order valence-corrected chi connectivity index (χ1v) is 10.5. The molecule has 0 saturated heterocycles. The molecule has 6 heteroatoms. The molecule has 0 amide bonds. The van der Waals surface area contributed by atoms with Gasteiger partial charge in [-0.25, -0.2) is 8.42 Å². The highest BCUT2D eigenvalue weighted by Crippen LogP contribution is 2.38. The number of benzene rings is 2. The molecular formula is C22H22O5S. The van der Waals surface area contributed by atoms with Crippen molar-refractivity contribution in [2.75, 3.05) is 0 Å². The lowest BCUT2D eigenvalue weighted by atomic mass is 9.93. The second kappa shape index (κ2) is 7.72. The van der Waals surface area contributed by atoms with Crippen LogP contribution in [0.15, 0.2) is 77.7 Å². The topological polar surface area (TPSA) is 77.5 Å². The van der Waals surface area contributed by atoms with Crippen LogP contribution in [0.1, 0.15) is 30.6 Å². The fraction of sp³-hybridized carbons (Fsp3) is 0.273. The standard InChI is InChI=1S/C22H22O5S/c1-16(23)27-22(2)14-13-18(15-22)21(20(24)17-9-5-3-6-10-17)28(25,26)19-11-7-4-8-12-19/h3-14,18,21H,15H2,1-2H3/t18-,21?,22+/m0/s1. The summed E-state index contributed by atoms with van der Waals surface area (Å²) in [5, 5.41) is -1.30. The van der Waals surface area contributed by atoms with Gasteiger partial charge in [0.25, 0.3) is 0 Å². The van der Waals surface area contributed by atoms with Crippen LogP contribution < -0.4 is 0 Å². The van der Waals surface area contributed by atoms with Gasteiger partial charge in [0.05, 0.1) is 4.90 Å². The minimum atomic E-state index is -3.95. The molecule has 0 heterocycles. The molecule has 0 saturated carbocycles. The van der Waals surface area contributed by atoms with Crippen molar-refractivity contribution in [1.82, 2.24) is 0 Å². The molecule has 2 aromatic rings. The highest BCUT2D eigenvalue weighted by atomic mass is 32.2. The summed E-state index contributed by atoms with van der Waals surface area (Å²) in [4.78, 5) is 24.8. The lowest BCUT2D eigenvalue weighted by Crippen LogP contribution is -2.38. The molecule has 146 valence electrons. The first kappa shape index (κ1) is 20.0. The van der Waals surface area contributed by atoms with E-state index in [-0.39, 0.29) is 11.3 Å². The van der Waals surface area contributed by atoms with Gasteiger partial charge in [0.1, 0.15) is 10.9 Å². The molecule has 0 aromatic heterocycles. The first-order chi connectivity index (χ1) is 13.2. The average molecular weight is 398 g/mol. The van der Waals surface area contributed by atoms with E-state index in [2.05, 4.69) is 0 Å². The second-order valence-electron chi connectivity index (χ2n) is 7.14. The van der Waals surface area contributed by atoms with Gasteiger partial charge >= 0.3 is 5.97 Å². The zero-order chi connectivity index (χ0) is 20.4. The summed E-state index contributed by atoms with van der Waals surface area (Å²) in [5.41, 5.74) is -0.598. The average Bonchev–Trinajstić information content (AvgIpc) is 3.03. The fourth-order valence-corrected chi connectivity index (χ4v) is 5.53. The van der Waals surface area contributed by atoms with E-state index in [0.717, 1.165) is 0 Å². The number of esters is 1. The molecule has 1 aliphatic carbocycles. The van der Waals surface area contributed by atoms with Gasteiger partial charge in [-0.1, -0.05) is 54.6 Å². The van der Waals surface area contributed by atoms with E-state index in [1.807, 2.05) is 0 Å². The van der Waals surface area contributed by atoms with Gasteiger partial charge in [0, 0.05) is 18.4 Å². The largest absolute Gasteiger partial charge is 0.455 e. The monoisotopic (exact) mass is 398 g/mol. The quantitative estimate of drug-likeness (QED) is 0.422. The van der Waals surface area contributed by atoms with E-state index in [9.17, 15) is 18.0 Å². The zero-order valence-corrected chi connectivity index (χ0v) is 16.6. The van der Waals surface area contributed by atoms with Crippen molar-refractivity contribution in [1.29, 1.82) is 0 Å². The Bertz CT molecular complexity index is 996. The minimum Gasteiger partial charge on any atom is -0.455 e. The summed E-state index contributed by atoms with van der Waals surface area (Å²) in [6, 6.07) is 16.4. The van der Waals surface area contributed by atoms with Crippen molar-refractivity contribution in [2.24, 2.45) is 5.92 Å². The molecule has 0 bridgehead atoms. The minimum absolute atomic E-state index is 0.0961. The summed E-state index contributed by atoms with van der Waals surface area (Å²) >= 11 is 0. The molecule has 0 fully saturated rings. The molecule has 5 nitrogen and oxygen atoms in total. The van der Waals surface area contributed by atoms with Gasteiger partial charge in [-0.3, -0.25) is 9.59 Å². The number of hydrogen-bond acceptors (Lipinski definition) is 5. The molecule has 0 spiro atoms. The third-order valence-corrected chi connectivity index (χ3v) is 6.99. The van der Waals surface area contributed by atoms with Gasteiger partial charge in [-0.05, 0) is 31.6 Å². The highest BCUT2D eigenvalue weighted by molar-refractivity contribution is 7.92. The highest BCUT2D eigenvalue weighted by Gasteiger charge is 2.45. The maximum absolute atomic E-state index is 13.4. The van der Waals surface area contributed by atoms with Gasteiger partial charge < -0.3 is 4.74 Å². The van der Waals surface area contributed by atoms with Crippen molar-refractivity contribution in [3.63, 3.8) is 0 Å². The van der Waals surface area contributed by atoms with Crippen LogP contribution in [0.5, 0.6) is 0 Å². The van der Waals surface area contributed by atoms with E-state index in [4.69, 9.17) is 4.74 Å². The molecule has 0 aliphatic heterocycles. The number of ether oxygens (including phenoxy) is 1. The maximum Gasteiger partial charge on any atom is 0.303 e. The SMILES string of the molecule is CC(=O)O[C@]1(C)C=C[C@H](C(C(=O)c2ccccc2)S(=O)(=O)c2ccccc2)C1. The zero-order valence-electron chi connectivity index (χ0n) is 15.7. The van der Waals surface area contributed by atoms with Crippen LogP contribution in [0.3, 0.4) is 0 Å². The summed E-state index contributed by atoms with van der Waals surface area (Å²) in [6.07, 6.45) is 3.57. The Kier molecular flexibility index (Phi) is 5.52. The summed E-state index contributed by atoms with van der Waals surface area (Å²) in [6.45, 7) is 3.02. The molecule has 2 aromatic carbocycles. The Morgan fingerprint density at radius 2 is 1.61 bits per heavy atom. The number of allylic oxidation sites excluding steroid dienone is 1. The predicted molar refractivity (Wildman–Crippen MR) is 106 cm³/mol. The van der Waals surface area contributed by atoms with Gasteiger partial charge in [0.15, 0.2) is 15.6 Å². The molecule has 1 unspecified atom stereocenters. The molecule has 1 aliphatic rings. The van der Waals surface area contributed by atoms with Gasteiger partial charge in [-0.2, -0.15) is 0 Å². The number of sulfone groups is 1. The fourth-order valence-electron chi connectivity index (χ4n) is 3.63. The number of hydrogen-bond donors (Lipinski definition) is 0. The maximum atomic E-state index is 13.4. The van der Waals surface area contributed by atoms with Crippen LogP contribution in [-0.2, 0) is 19.4 Å². The number of Topliss-reactive ketones (excluding diaryl/α,β-unsaturated/α-hetero) is 1. The second-order valence-corrected chi connectivity index (χ2v) is 9.21. The third-order valence-electron chi connectivity index (χ3n) is 4.83. The third kappa shape index (κ3) is 4.07. The van der Waals surface area contributed by atoms with Crippen molar-refractivity contribution < 1.29 is 22.7 Å². The Hall–Kier alpha value is -2.73. The van der Waals surface area contributed by atoms with Crippen molar-refractivity contribution in [2.45, 2.75) is 36.0 Å². The van der Waals surface area contributed by atoms with E-state index >= 15 is 0 Å². The van der Waals surface area contributed by atoms with E-state index in [0.29, 0.717) is 5.56 Å². The lowest BCUT2D eigenvalue weighted by molar-refractivity contribution is -0.151. The Morgan fingerprint density at radius 1 is 1.04 bits per heavy atom. The molecule has 3 rings (SSSR count). The van der Waals surface area contributed by atoms with E-state index < -0.39 is 38.4 Å². The van der Waals surface area contributed by atoms with Crippen LogP contribution in [-0.4, -0.2) is 31.0 Å². The molecule has 28 heavy (non-hydrogen) atoms. The van der Waals surface area contributed by atoms with Gasteiger partial charge in [0.2, 0.25) is 0 Å². The summed E-state index contributed by atoms with van der Waals surface area (Å²) in [7, 11) is -3.95. The van der Waals surface area contributed by atoms with Crippen LogP contribution in [0.4, 0.5) is 0 Å². The first-order valence-electron chi connectivity index (χ1n) is 9.00. The molecule has 0 radical (unpaired) electrons. The van der Waals surface area contributed by atoms with E-state index in [1.165, 1.54) is 19.1 Å². The van der Waals surface area contributed by atoms with Crippen molar-refractivity contribution in [3.8, 4) is 0 Å². The number of carbonyl (C=O) groups excluding carboxylic acids is 2. The van der Waals surface area contributed by atoms with Crippen LogP contribution in [0.2, 0.25) is 0 Å². The van der Waals surface area contributed by atoms with Crippen LogP contribution in [0.25, 0.3) is 0 Å². The number of carbonyl (C=O) groups is 2. The molecular weight excluding hydrogens is 376 g/mol.